The van der Waals surface area contributed by atoms with Gasteiger partial charge in [-0.15, -0.1) is 0 Å². The topological polar surface area (TPSA) is 80.6 Å². The maximum absolute atomic E-state index is 12.4. The van der Waals surface area contributed by atoms with Gasteiger partial charge in [0.2, 0.25) is 0 Å². The second kappa shape index (κ2) is 9.30. The molecule has 25 heavy (non-hydrogen) atoms. The zero-order valence-corrected chi connectivity index (χ0v) is 14.2. The summed E-state index contributed by atoms with van der Waals surface area (Å²) in [6, 6.07) is 13.7. The van der Waals surface area contributed by atoms with Crippen LogP contribution in [0.1, 0.15) is 22.3 Å². The lowest BCUT2D eigenvalue weighted by Gasteiger charge is -2.12. The van der Waals surface area contributed by atoms with E-state index in [4.69, 9.17) is 19.5 Å². The summed E-state index contributed by atoms with van der Waals surface area (Å²) in [5.74, 6) is 0.761. The summed E-state index contributed by atoms with van der Waals surface area (Å²) < 4.78 is 15.9. The first-order valence-electron chi connectivity index (χ1n) is 7.79. The zero-order chi connectivity index (χ0) is 18.1. The molecule has 0 saturated carbocycles. The maximum Gasteiger partial charge on any atom is 0.255 e. The fourth-order valence-corrected chi connectivity index (χ4v) is 2.19. The molecule has 1 amide bonds. The van der Waals surface area contributed by atoms with Crippen LogP contribution in [0.2, 0.25) is 0 Å². The Hall–Kier alpha value is -3.04. The van der Waals surface area contributed by atoms with E-state index in [0.29, 0.717) is 41.5 Å². The summed E-state index contributed by atoms with van der Waals surface area (Å²) in [4.78, 5) is 12.4. The number of benzene rings is 2. The van der Waals surface area contributed by atoms with Gasteiger partial charge in [-0.1, -0.05) is 6.07 Å². The standard InChI is InChI=1S/C19H20N2O4/c1-23-9-4-10-25-18-12-15(7-8-17(18)24-2)19(22)21-16-6-3-5-14(11-16)13-20/h3,5-8,11-12H,4,9-10H2,1-2H3,(H,21,22). The number of nitrogens with one attached hydrogen (secondary N) is 1. The molecule has 2 rings (SSSR count). The molecule has 0 saturated heterocycles. The van der Waals surface area contributed by atoms with Crippen molar-refractivity contribution in [2.75, 3.05) is 32.8 Å². The quantitative estimate of drug-likeness (QED) is 0.746. The Morgan fingerprint density at radius 3 is 2.68 bits per heavy atom. The number of ether oxygens (including phenoxy) is 3. The van der Waals surface area contributed by atoms with Crippen molar-refractivity contribution < 1.29 is 19.0 Å². The lowest BCUT2D eigenvalue weighted by atomic mass is 10.1. The van der Waals surface area contributed by atoms with Gasteiger partial charge in [-0.05, 0) is 36.4 Å². The number of carbonyl (C=O) groups excluding carboxylic acids is 1. The Morgan fingerprint density at radius 2 is 1.96 bits per heavy atom. The van der Waals surface area contributed by atoms with Crippen LogP contribution in [0.4, 0.5) is 5.69 Å². The van der Waals surface area contributed by atoms with Crippen LogP contribution in [0.25, 0.3) is 0 Å². The predicted octanol–water partition coefficient (Wildman–Crippen LogP) is 3.23. The number of carbonyl (C=O) groups is 1. The molecular formula is C19H20N2O4. The van der Waals surface area contributed by atoms with Crippen LogP contribution in [0, 0.1) is 11.3 Å². The molecule has 0 aliphatic heterocycles. The number of nitriles is 1. The molecule has 2 aromatic rings. The van der Waals surface area contributed by atoms with Gasteiger partial charge in [0, 0.05) is 31.4 Å². The normalized spacial score (nSPS) is 9.96. The van der Waals surface area contributed by atoms with E-state index >= 15 is 0 Å². The van der Waals surface area contributed by atoms with Crippen molar-refractivity contribution in [2.45, 2.75) is 6.42 Å². The van der Waals surface area contributed by atoms with Crippen molar-refractivity contribution >= 4 is 11.6 Å². The lowest BCUT2D eigenvalue weighted by molar-refractivity contribution is 0.102. The number of amides is 1. The molecule has 0 atom stereocenters. The van der Waals surface area contributed by atoms with E-state index in [1.54, 1.807) is 56.7 Å². The first kappa shape index (κ1) is 18.3. The first-order chi connectivity index (χ1) is 12.2. The summed E-state index contributed by atoms with van der Waals surface area (Å²) in [7, 11) is 3.18. The van der Waals surface area contributed by atoms with Gasteiger partial charge < -0.3 is 19.5 Å². The second-order valence-electron chi connectivity index (χ2n) is 5.21. The molecule has 0 spiro atoms. The summed E-state index contributed by atoms with van der Waals surface area (Å²) in [5, 5.41) is 11.7. The molecule has 0 heterocycles. The highest BCUT2D eigenvalue weighted by atomic mass is 16.5. The number of methoxy groups -OCH3 is 2. The highest BCUT2D eigenvalue weighted by molar-refractivity contribution is 6.04. The zero-order valence-electron chi connectivity index (χ0n) is 14.2. The molecular weight excluding hydrogens is 320 g/mol. The highest BCUT2D eigenvalue weighted by Gasteiger charge is 2.12. The Labute approximate surface area is 146 Å². The SMILES string of the molecule is COCCCOc1cc(C(=O)Nc2cccc(C#N)c2)ccc1OC. The molecule has 0 aliphatic rings. The van der Waals surface area contributed by atoms with Crippen molar-refractivity contribution in [1.82, 2.24) is 0 Å². The largest absolute Gasteiger partial charge is 0.493 e. The van der Waals surface area contributed by atoms with E-state index in [1.165, 1.54) is 0 Å². The Bertz CT molecular complexity index is 768. The van der Waals surface area contributed by atoms with E-state index in [1.807, 2.05) is 6.07 Å². The van der Waals surface area contributed by atoms with Crippen LogP contribution in [-0.4, -0.2) is 33.3 Å². The number of nitrogens with zero attached hydrogens (tertiary/aromatic N) is 1. The van der Waals surface area contributed by atoms with Crippen LogP contribution in [0.5, 0.6) is 11.5 Å². The van der Waals surface area contributed by atoms with Gasteiger partial charge in [-0.2, -0.15) is 5.26 Å². The van der Waals surface area contributed by atoms with E-state index in [9.17, 15) is 4.79 Å². The third-order valence-corrected chi connectivity index (χ3v) is 3.43. The molecule has 2 aromatic carbocycles. The summed E-state index contributed by atoms with van der Waals surface area (Å²) >= 11 is 0. The van der Waals surface area contributed by atoms with Crippen LogP contribution >= 0.6 is 0 Å². The molecule has 1 N–H and O–H groups in total. The molecule has 130 valence electrons. The minimum absolute atomic E-state index is 0.292. The number of hydrogen-bond donors (Lipinski definition) is 1. The van der Waals surface area contributed by atoms with E-state index in [-0.39, 0.29) is 5.91 Å². The summed E-state index contributed by atoms with van der Waals surface area (Å²) in [6.45, 7) is 1.05. The number of rotatable bonds is 8. The van der Waals surface area contributed by atoms with Gasteiger partial charge in [0.05, 0.1) is 25.3 Å². The van der Waals surface area contributed by atoms with Crippen LogP contribution in [-0.2, 0) is 4.74 Å². The molecule has 0 fully saturated rings. The maximum atomic E-state index is 12.4. The van der Waals surface area contributed by atoms with Crippen LogP contribution < -0.4 is 14.8 Å². The molecule has 0 unspecified atom stereocenters. The smallest absolute Gasteiger partial charge is 0.255 e. The van der Waals surface area contributed by atoms with Gasteiger partial charge in [-0.3, -0.25) is 4.79 Å². The molecule has 6 heteroatoms. The van der Waals surface area contributed by atoms with Crippen molar-refractivity contribution in [3.63, 3.8) is 0 Å². The Balaban J connectivity index is 2.11. The van der Waals surface area contributed by atoms with Gasteiger partial charge >= 0.3 is 0 Å². The number of hydrogen-bond acceptors (Lipinski definition) is 5. The van der Waals surface area contributed by atoms with Gasteiger partial charge in [0.15, 0.2) is 11.5 Å². The van der Waals surface area contributed by atoms with Crippen molar-refractivity contribution in [3.8, 4) is 17.6 Å². The van der Waals surface area contributed by atoms with Gasteiger partial charge in [-0.25, -0.2) is 0 Å². The van der Waals surface area contributed by atoms with Crippen molar-refractivity contribution in [3.05, 3.63) is 53.6 Å². The van der Waals surface area contributed by atoms with E-state index in [2.05, 4.69) is 5.32 Å². The Morgan fingerprint density at radius 1 is 1.12 bits per heavy atom. The van der Waals surface area contributed by atoms with Gasteiger partial charge in [0.1, 0.15) is 0 Å². The summed E-state index contributed by atoms with van der Waals surface area (Å²) in [5.41, 5.74) is 1.47. The minimum atomic E-state index is -0.292. The first-order valence-corrected chi connectivity index (χ1v) is 7.79. The third kappa shape index (κ3) is 5.23. The molecule has 0 radical (unpaired) electrons. The second-order valence-corrected chi connectivity index (χ2v) is 5.21. The average Bonchev–Trinajstić information content (AvgIpc) is 2.65. The third-order valence-electron chi connectivity index (χ3n) is 3.43. The Kier molecular flexibility index (Phi) is 6.81. The summed E-state index contributed by atoms with van der Waals surface area (Å²) in [6.07, 6.45) is 0.733. The van der Waals surface area contributed by atoms with Crippen molar-refractivity contribution in [2.24, 2.45) is 0 Å². The van der Waals surface area contributed by atoms with Gasteiger partial charge in [0.25, 0.3) is 5.91 Å². The van der Waals surface area contributed by atoms with Crippen molar-refractivity contribution in [1.29, 1.82) is 5.26 Å². The fraction of sp³-hybridized carbons (Fsp3) is 0.263. The fourth-order valence-electron chi connectivity index (χ4n) is 2.19. The van der Waals surface area contributed by atoms with E-state index in [0.717, 1.165) is 6.42 Å². The number of anilines is 1. The van der Waals surface area contributed by atoms with Crippen LogP contribution in [0.3, 0.4) is 0 Å². The molecule has 0 aliphatic carbocycles. The molecule has 0 aromatic heterocycles. The average molecular weight is 340 g/mol. The molecule has 6 nitrogen and oxygen atoms in total. The van der Waals surface area contributed by atoms with E-state index < -0.39 is 0 Å². The van der Waals surface area contributed by atoms with Crippen LogP contribution in [0.15, 0.2) is 42.5 Å². The highest BCUT2D eigenvalue weighted by Crippen LogP contribution is 2.28. The minimum Gasteiger partial charge on any atom is -0.493 e. The lowest BCUT2D eigenvalue weighted by Crippen LogP contribution is -2.12. The predicted molar refractivity (Wildman–Crippen MR) is 94.1 cm³/mol. The molecule has 0 bridgehead atoms. The monoisotopic (exact) mass is 340 g/mol.